The molecular weight excluding hydrogens is 278 g/mol. The van der Waals surface area contributed by atoms with Gasteiger partial charge in [0.15, 0.2) is 0 Å². The maximum atomic E-state index is 12.0. The highest BCUT2D eigenvalue weighted by atomic mass is 16.2. The Balaban J connectivity index is 2.01. The number of piperazine rings is 1. The molecule has 0 radical (unpaired) electrons. The standard InChI is InChI=1S/C16H27N5O/c1-11(2)15-18-13(5)10-14(19-15)20-6-8-21(9-7-20)16(22)17-12(3)4/h10-12H,6-9H2,1-5H3,(H,17,22). The number of carbonyl (C=O) groups is 1. The third kappa shape index (κ3) is 4.08. The molecule has 2 amide bonds. The Kier molecular flexibility index (Phi) is 5.21. The topological polar surface area (TPSA) is 61.4 Å². The van der Waals surface area contributed by atoms with Crippen LogP contribution in [-0.2, 0) is 0 Å². The van der Waals surface area contributed by atoms with Gasteiger partial charge in [-0.3, -0.25) is 0 Å². The van der Waals surface area contributed by atoms with Crippen LogP contribution in [0, 0.1) is 6.92 Å². The Bertz CT molecular complexity index is 521. The zero-order valence-corrected chi connectivity index (χ0v) is 14.3. The summed E-state index contributed by atoms with van der Waals surface area (Å²) >= 11 is 0. The smallest absolute Gasteiger partial charge is 0.317 e. The molecule has 6 heteroatoms. The first-order valence-corrected chi connectivity index (χ1v) is 8.02. The summed E-state index contributed by atoms with van der Waals surface area (Å²) in [5.74, 6) is 2.17. The lowest BCUT2D eigenvalue weighted by atomic mass is 10.2. The Morgan fingerprint density at radius 3 is 2.32 bits per heavy atom. The van der Waals surface area contributed by atoms with Gasteiger partial charge in [0, 0.05) is 49.9 Å². The van der Waals surface area contributed by atoms with Crippen molar-refractivity contribution in [3.05, 3.63) is 17.6 Å². The number of nitrogens with one attached hydrogen (secondary N) is 1. The summed E-state index contributed by atoms with van der Waals surface area (Å²) in [6, 6.07) is 2.22. The van der Waals surface area contributed by atoms with Gasteiger partial charge in [-0.25, -0.2) is 14.8 Å². The van der Waals surface area contributed by atoms with E-state index in [4.69, 9.17) is 0 Å². The minimum Gasteiger partial charge on any atom is -0.353 e. The minimum absolute atomic E-state index is 0.0244. The third-order valence-corrected chi connectivity index (χ3v) is 3.68. The van der Waals surface area contributed by atoms with Crippen molar-refractivity contribution in [2.24, 2.45) is 0 Å². The fourth-order valence-corrected chi connectivity index (χ4v) is 2.47. The second kappa shape index (κ2) is 6.94. The molecule has 1 aromatic rings. The van der Waals surface area contributed by atoms with Gasteiger partial charge >= 0.3 is 6.03 Å². The number of amides is 2. The van der Waals surface area contributed by atoms with Gasteiger partial charge in [0.25, 0.3) is 0 Å². The van der Waals surface area contributed by atoms with E-state index >= 15 is 0 Å². The van der Waals surface area contributed by atoms with Crippen LogP contribution in [0.1, 0.15) is 45.1 Å². The van der Waals surface area contributed by atoms with E-state index in [-0.39, 0.29) is 12.1 Å². The van der Waals surface area contributed by atoms with Crippen LogP contribution in [-0.4, -0.2) is 53.1 Å². The lowest BCUT2D eigenvalue weighted by Crippen LogP contribution is -2.53. The van der Waals surface area contributed by atoms with Gasteiger partial charge < -0.3 is 15.1 Å². The number of nitrogens with zero attached hydrogens (tertiary/aromatic N) is 4. The monoisotopic (exact) mass is 305 g/mol. The predicted octanol–water partition coefficient (Wildman–Crippen LogP) is 2.15. The molecule has 1 fully saturated rings. The van der Waals surface area contributed by atoms with E-state index in [1.165, 1.54) is 0 Å². The van der Waals surface area contributed by atoms with E-state index in [1.807, 2.05) is 31.7 Å². The molecule has 0 unspecified atom stereocenters. The summed E-state index contributed by atoms with van der Waals surface area (Å²) in [5, 5.41) is 2.94. The highest BCUT2D eigenvalue weighted by molar-refractivity contribution is 5.74. The molecule has 2 rings (SSSR count). The first kappa shape index (κ1) is 16.5. The normalized spacial score (nSPS) is 15.6. The SMILES string of the molecule is Cc1cc(N2CCN(C(=O)NC(C)C)CC2)nc(C(C)C)n1. The highest BCUT2D eigenvalue weighted by Gasteiger charge is 2.22. The number of anilines is 1. The van der Waals surface area contributed by atoms with Gasteiger partial charge in [0.1, 0.15) is 11.6 Å². The second-order valence-electron chi connectivity index (χ2n) is 6.46. The second-order valence-corrected chi connectivity index (χ2v) is 6.46. The van der Waals surface area contributed by atoms with Crippen molar-refractivity contribution >= 4 is 11.8 Å². The fraction of sp³-hybridized carbons (Fsp3) is 0.688. The summed E-state index contributed by atoms with van der Waals surface area (Å²) < 4.78 is 0. The fourth-order valence-electron chi connectivity index (χ4n) is 2.47. The van der Waals surface area contributed by atoms with E-state index in [2.05, 4.69) is 34.0 Å². The molecule has 0 bridgehead atoms. The summed E-state index contributed by atoms with van der Waals surface area (Å²) in [6.07, 6.45) is 0. The van der Waals surface area contributed by atoms with Crippen LogP contribution < -0.4 is 10.2 Å². The molecular formula is C16H27N5O. The lowest BCUT2D eigenvalue weighted by molar-refractivity contribution is 0.191. The van der Waals surface area contributed by atoms with Crippen LogP contribution >= 0.6 is 0 Å². The molecule has 1 N–H and O–H groups in total. The van der Waals surface area contributed by atoms with Crippen LogP contribution in [0.5, 0.6) is 0 Å². The van der Waals surface area contributed by atoms with E-state index in [0.29, 0.717) is 5.92 Å². The van der Waals surface area contributed by atoms with Crippen molar-refractivity contribution < 1.29 is 4.79 Å². The third-order valence-electron chi connectivity index (χ3n) is 3.68. The molecule has 2 heterocycles. The van der Waals surface area contributed by atoms with Crippen molar-refractivity contribution in [1.82, 2.24) is 20.2 Å². The van der Waals surface area contributed by atoms with Gasteiger partial charge in [0.2, 0.25) is 0 Å². The van der Waals surface area contributed by atoms with E-state index < -0.39 is 0 Å². The number of carbonyl (C=O) groups excluding carboxylic acids is 1. The van der Waals surface area contributed by atoms with Crippen molar-refractivity contribution in [2.75, 3.05) is 31.1 Å². The van der Waals surface area contributed by atoms with Gasteiger partial charge in [-0.1, -0.05) is 13.8 Å². The Morgan fingerprint density at radius 1 is 1.14 bits per heavy atom. The lowest BCUT2D eigenvalue weighted by Gasteiger charge is -2.36. The van der Waals surface area contributed by atoms with Crippen LogP contribution in [0.4, 0.5) is 10.6 Å². The predicted molar refractivity (Wildman–Crippen MR) is 88.3 cm³/mol. The van der Waals surface area contributed by atoms with Crippen molar-refractivity contribution in [2.45, 2.75) is 46.6 Å². The van der Waals surface area contributed by atoms with E-state index in [9.17, 15) is 4.79 Å². The molecule has 1 aliphatic heterocycles. The number of rotatable bonds is 3. The van der Waals surface area contributed by atoms with Gasteiger partial charge in [-0.05, 0) is 20.8 Å². The largest absolute Gasteiger partial charge is 0.353 e. The molecule has 6 nitrogen and oxygen atoms in total. The van der Waals surface area contributed by atoms with Crippen LogP contribution in [0.25, 0.3) is 0 Å². The van der Waals surface area contributed by atoms with Crippen LogP contribution in [0.15, 0.2) is 6.07 Å². The molecule has 1 aromatic heterocycles. The number of aromatic nitrogens is 2. The zero-order valence-electron chi connectivity index (χ0n) is 14.3. The Hall–Kier alpha value is -1.85. The van der Waals surface area contributed by atoms with Crippen molar-refractivity contribution in [3.8, 4) is 0 Å². The average Bonchev–Trinajstić information content (AvgIpc) is 2.46. The van der Waals surface area contributed by atoms with Crippen molar-refractivity contribution in [3.63, 3.8) is 0 Å². The van der Waals surface area contributed by atoms with Crippen molar-refractivity contribution in [1.29, 1.82) is 0 Å². The molecule has 22 heavy (non-hydrogen) atoms. The summed E-state index contributed by atoms with van der Waals surface area (Å²) in [6.45, 7) is 13.2. The molecule has 0 aromatic carbocycles. The molecule has 1 saturated heterocycles. The molecule has 122 valence electrons. The quantitative estimate of drug-likeness (QED) is 0.929. The minimum atomic E-state index is 0.0244. The van der Waals surface area contributed by atoms with Crippen LogP contribution in [0.3, 0.4) is 0 Å². The molecule has 0 aliphatic carbocycles. The zero-order chi connectivity index (χ0) is 16.3. The Labute approximate surface area is 132 Å². The first-order valence-electron chi connectivity index (χ1n) is 8.02. The number of hydrogen-bond acceptors (Lipinski definition) is 4. The number of hydrogen-bond donors (Lipinski definition) is 1. The highest BCUT2D eigenvalue weighted by Crippen LogP contribution is 2.18. The van der Waals surface area contributed by atoms with Crippen LogP contribution in [0.2, 0.25) is 0 Å². The molecule has 1 aliphatic rings. The molecule has 0 atom stereocenters. The van der Waals surface area contributed by atoms with Gasteiger partial charge in [0.05, 0.1) is 0 Å². The van der Waals surface area contributed by atoms with Gasteiger partial charge in [-0.2, -0.15) is 0 Å². The van der Waals surface area contributed by atoms with E-state index in [1.54, 1.807) is 0 Å². The van der Waals surface area contributed by atoms with Gasteiger partial charge in [-0.15, -0.1) is 0 Å². The maximum Gasteiger partial charge on any atom is 0.317 e. The average molecular weight is 305 g/mol. The van der Waals surface area contributed by atoms with E-state index in [0.717, 1.165) is 43.5 Å². The summed E-state index contributed by atoms with van der Waals surface area (Å²) in [4.78, 5) is 25.3. The Morgan fingerprint density at radius 2 is 1.77 bits per heavy atom. The summed E-state index contributed by atoms with van der Waals surface area (Å²) in [5.41, 5.74) is 0.994. The summed E-state index contributed by atoms with van der Waals surface area (Å²) in [7, 11) is 0. The first-order chi connectivity index (χ1) is 10.4. The number of aryl methyl sites for hydroxylation is 1. The molecule has 0 saturated carbocycles. The molecule has 0 spiro atoms. The number of urea groups is 1. The maximum absolute atomic E-state index is 12.0.